The number of aromatic nitrogens is 1. The summed E-state index contributed by atoms with van der Waals surface area (Å²) in [6.07, 6.45) is 0. The van der Waals surface area contributed by atoms with Crippen LogP contribution in [-0.2, 0) is 14.3 Å². The van der Waals surface area contributed by atoms with Gasteiger partial charge in [0.25, 0.3) is 11.8 Å². The summed E-state index contributed by atoms with van der Waals surface area (Å²) in [5, 5.41) is 2.56. The lowest BCUT2D eigenvalue weighted by Crippen LogP contribution is -2.45. The molecular weight excluding hydrogens is 510 g/mol. The Balaban J connectivity index is 2.20. The third-order valence-corrected chi connectivity index (χ3v) is 6.36. The average molecular weight is 540 g/mol. The van der Waals surface area contributed by atoms with Gasteiger partial charge in [0.1, 0.15) is 23.2 Å². The van der Waals surface area contributed by atoms with Crippen molar-refractivity contribution in [1.29, 1.82) is 0 Å². The van der Waals surface area contributed by atoms with Crippen molar-refractivity contribution in [2.75, 3.05) is 30.9 Å². The summed E-state index contributed by atoms with van der Waals surface area (Å²) >= 11 is 0.706. The Labute approximate surface area is 223 Å². The molecule has 0 spiro atoms. The van der Waals surface area contributed by atoms with Crippen LogP contribution in [0.1, 0.15) is 49.8 Å². The van der Waals surface area contributed by atoms with Gasteiger partial charge in [0, 0.05) is 5.69 Å². The molecule has 0 radical (unpaired) electrons. The molecule has 1 aromatic heterocycles. The number of carbonyl (C=O) groups is 4. The molecule has 200 valence electrons. The Kier molecular flexibility index (Phi) is 9.02. The molecule has 2 aromatic carbocycles. The summed E-state index contributed by atoms with van der Waals surface area (Å²) < 4.78 is 14.1. The van der Waals surface area contributed by atoms with Crippen molar-refractivity contribution in [2.24, 2.45) is 5.73 Å². The van der Waals surface area contributed by atoms with Gasteiger partial charge < -0.3 is 26.3 Å². The zero-order valence-electron chi connectivity index (χ0n) is 21.4. The summed E-state index contributed by atoms with van der Waals surface area (Å²) in [6, 6.07) is 10.7. The minimum Gasteiger partial charge on any atom is -0.497 e. The standard InChI is InChI=1S/C26H29N5O6S/c1-5-37-19(32)13-29-25(34)22(16-6-8-18(36-4)9-7-16)31(17-11-14(2)10-15(3)12-17)26(35)23-20(27)21(24(28)33)30-38-23/h6-12,22H,5,13,27H2,1-4H3,(H2,28,33)(H,29,34). The molecule has 0 aliphatic rings. The first-order chi connectivity index (χ1) is 18.1. The fourth-order valence-electron chi connectivity index (χ4n) is 3.88. The SMILES string of the molecule is CCOC(=O)CNC(=O)C(c1ccc(OC)cc1)N(C(=O)c1snc(C(N)=O)c1N)c1cc(C)cc(C)c1. The second-order valence-corrected chi connectivity index (χ2v) is 9.13. The molecule has 0 saturated carbocycles. The molecule has 38 heavy (non-hydrogen) atoms. The van der Waals surface area contributed by atoms with E-state index in [9.17, 15) is 19.2 Å². The van der Waals surface area contributed by atoms with Crippen LogP contribution in [0.2, 0.25) is 0 Å². The number of nitrogens with two attached hydrogens (primary N) is 2. The maximum Gasteiger partial charge on any atom is 0.325 e. The number of rotatable bonds is 10. The number of aryl methyl sites for hydroxylation is 2. The molecule has 12 heteroatoms. The number of esters is 1. The van der Waals surface area contributed by atoms with Crippen molar-refractivity contribution in [3.05, 3.63) is 69.7 Å². The molecule has 1 heterocycles. The van der Waals surface area contributed by atoms with Crippen LogP contribution < -0.4 is 26.4 Å². The third-order valence-electron chi connectivity index (χ3n) is 5.51. The van der Waals surface area contributed by atoms with Gasteiger partial charge in [0.05, 0.1) is 19.4 Å². The van der Waals surface area contributed by atoms with Crippen LogP contribution in [0.4, 0.5) is 11.4 Å². The lowest BCUT2D eigenvalue weighted by molar-refractivity contribution is -0.143. The smallest absolute Gasteiger partial charge is 0.325 e. The van der Waals surface area contributed by atoms with Gasteiger partial charge >= 0.3 is 5.97 Å². The number of ether oxygens (including phenoxy) is 2. The zero-order valence-corrected chi connectivity index (χ0v) is 22.3. The predicted molar refractivity (Wildman–Crippen MR) is 143 cm³/mol. The molecule has 1 atom stereocenters. The van der Waals surface area contributed by atoms with E-state index in [-0.39, 0.29) is 22.9 Å². The van der Waals surface area contributed by atoms with Crippen LogP contribution in [0.5, 0.6) is 5.75 Å². The molecule has 3 aromatic rings. The van der Waals surface area contributed by atoms with E-state index in [2.05, 4.69) is 9.69 Å². The number of benzene rings is 2. The number of methoxy groups -OCH3 is 1. The molecule has 0 fully saturated rings. The second-order valence-electron chi connectivity index (χ2n) is 8.36. The first-order valence-corrected chi connectivity index (χ1v) is 12.4. The number of nitrogens with one attached hydrogen (secondary N) is 1. The molecule has 0 saturated heterocycles. The summed E-state index contributed by atoms with van der Waals surface area (Å²) in [6.45, 7) is 5.11. The summed E-state index contributed by atoms with van der Waals surface area (Å²) in [5.74, 6) is -2.29. The highest BCUT2D eigenvalue weighted by atomic mass is 32.1. The van der Waals surface area contributed by atoms with E-state index in [4.69, 9.17) is 20.9 Å². The van der Waals surface area contributed by atoms with E-state index in [0.717, 1.165) is 11.1 Å². The van der Waals surface area contributed by atoms with Gasteiger partial charge in [-0.3, -0.25) is 24.1 Å². The molecule has 0 aliphatic carbocycles. The number of nitrogen functional groups attached to an aromatic ring is 1. The fourth-order valence-corrected chi connectivity index (χ4v) is 4.63. The minimum atomic E-state index is -1.25. The van der Waals surface area contributed by atoms with Crippen molar-refractivity contribution < 1.29 is 28.7 Å². The topological polar surface area (TPSA) is 167 Å². The Morgan fingerprint density at radius 3 is 2.24 bits per heavy atom. The van der Waals surface area contributed by atoms with Crippen LogP contribution in [0, 0.1) is 13.8 Å². The van der Waals surface area contributed by atoms with Crippen LogP contribution in [-0.4, -0.2) is 48.3 Å². The van der Waals surface area contributed by atoms with Crippen LogP contribution in [0.3, 0.4) is 0 Å². The van der Waals surface area contributed by atoms with Crippen molar-refractivity contribution in [3.63, 3.8) is 0 Å². The van der Waals surface area contributed by atoms with E-state index in [1.165, 1.54) is 12.0 Å². The third kappa shape index (κ3) is 6.27. The van der Waals surface area contributed by atoms with Gasteiger partial charge in [0.2, 0.25) is 5.91 Å². The van der Waals surface area contributed by atoms with Gasteiger partial charge in [-0.25, -0.2) is 0 Å². The Morgan fingerprint density at radius 1 is 1.08 bits per heavy atom. The minimum absolute atomic E-state index is 0.0605. The summed E-state index contributed by atoms with van der Waals surface area (Å²) in [7, 11) is 1.51. The predicted octanol–water partition coefficient (Wildman–Crippen LogP) is 2.52. The maximum atomic E-state index is 14.1. The fraction of sp³-hybridized carbons (Fsp3) is 0.269. The normalized spacial score (nSPS) is 11.4. The van der Waals surface area contributed by atoms with E-state index in [1.54, 1.807) is 43.3 Å². The van der Waals surface area contributed by atoms with Gasteiger partial charge in [-0.2, -0.15) is 4.37 Å². The first-order valence-electron chi connectivity index (χ1n) is 11.6. The van der Waals surface area contributed by atoms with Crippen molar-refractivity contribution in [2.45, 2.75) is 26.8 Å². The number of hydrogen-bond acceptors (Lipinski definition) is 9. The number of nitrogens with zero attached hydrogens (tertiary/aromatic N) is 2. The average Bonchev–Trinajstić information content (AvgIpc) is 3.26. The highest BCUT2D eigenvalue weighted by molar-refractivity contribution is 7.09. The quantitative estimate of drug-likeness (QED) is 0.330. The maximum absolute atomic E-state index is 14.1. The van der Waals surface area contributed by atoms with E-state index < -0.39 is 36.3 Å². The molecule has 3 rings (SSSR count). The van der Waals surface area contributed by atoms with Crippen molar-refractivity contribution >= 4 is 46.6 Å². The molecule has 5 N–H and O–H groups in total. The number of carbonyl (C=O) groups excluding carboxylic acids is 4. The van der Waals surface area contributed by atoms with Crippen LogP contribution in [0.25, 0.3) is 0 Å². The number of amides is 3. The molecule has 1 unspecified atom stereocenters. The number of primary amides is 1. The van der Waals surface area contributed by atoms with Crippen molar-refractivity contribution in [1.82, 2.24) is 9.69 Å². The lowest BCUT2D eigenvalue weighted by atomic mass is 10.0. The van der Waals surface area contributed by atoms with Gasteiger partial charge in [0.15, 0.2) is 5.69 Å². The lowest BCUT2D eigenvalue weighted by Gasteiger charge is -2.31. The summed E-state index contributed by atoms with van der Waals surface area (Å²) in [4.78, 5) is 52.7. The summed E-state index contributed by atoms with van der Waals surface area (Å²) in [5.41, 5.74) is 13.5. The van der Waals surface area contributed by atoms with Gasteiger partial charge in [-0.05, 0) is 73.3 Å². The monoisotopic (exact) mass is 539 g/mol. The largest absolute Gasteiger partial charge is 0.497 e. The number of anilines is 2. The molecule has 0 bridgehead atoms. The highest BCUT2D eigenvalue weighted by Crippen LogP contribution is 2.34. The van der Waals surface area contributed by atoms with Gasteiger partial charge in [-0.1, -0.05) is 18.2 Å². The Bertz CT molecular complexity index is 1330. The second kappa shape index (κ2) is 12.2. The van der Waals surface area contributed by atoms with E-state index in [0.29, 0.717) is 28.5 Å². The Hall–Kier alpha value is -4.45. The van der Waals surface area contributed by atoms with Crippen LogP contribution >= 0.6 is 11.5 Å². The van der Waals surface area contributed by atoms with Crippen LogP contribution in [0.15, 0.2) is 42.5 Å². The Morgan fingerprint density at radius 2 is 1.71 bits per heavy atom. The van der Waals surface area contributed by atoms with Gasteiger partial charge in [-0.15, -0.1) is 0 Å². The molecule has 0 aliphatic heterocycles. The van der Waals surface area contributed by atoms with E-state index >= 15 is 0 Å². The molecule has 3 amide bonds. The highest BCUT2D eigenvalue weighted by Gasteiger charge is 2.36. The zero-order chi connectivity index (χ0) is 28.0. The first kappa shape index (κ1) is 28.1. The van der Waals surface area contributed by atoms with Crippen molar-refractivity contribution in [3.8, 4) is 5.75 Å². The number of hydrogen-bond donors (Lipinski definition) is 3. The van der Waals surface area contributed by atoms with E-state index in [1.807, 2.05) is 19.9 Å². The molecule has 11 nitrogen and oxygen atoms in total. The molecular formula is C26H29N5O6S.